The first-order valence-corrected chi connectivity index (χ1v) is 8.52. The van der Waals surface area contributed by atoms with Crippen molar-refractivity contribution >= 4 is 11.9 Å². The van der Waals surface area contributed by atoms with Crippen LogP contribution in [0.2, 0.25) is 0 Å². The molecule has 0 heterocycles. The van der Waals surface area contributed by atoms with Gasteiger partial charge in [0.2, 0.25) is 0 Å². The van der Waals surface area contributed by atoms with Gasteiger partial charge in [-0.25, -0.2) is 0 Å². The normalized spacial score (nSPS) is 16.0. The Kier molecular flexibility index (Phi) is 9.11. The molecule has 0 unspecified atom stereocenters. The summed E-state index contributed by atoms with van der Waals surface area (Å²) in [7, 11) is 0. The molecule has 4 heteroatoms. The van der Waals surface area contributed by atoms with Crippen LogP contribution in [0.5, 0.6) is 0 Å². The maximum absolute atomic E-state index is 12.1. The summed E-state index contributed by atoms with van der Waals surface area (Å²) < 4.78 is 10.3. The van der Waals surface area contributed by atoms with Crippen LogP contribution in [0.15, 0.2) is 0 Å². The molecule has 0 bridgehead atoms. The van der Waals surface area contributed by atoms with Crippen molar-refractivity contribution in [2.75, 3.05) is 13.2 Å². The quantitative estimate of drug-likeness (QED) is 0.479. The van der Waals surface area contributed by atoms with E-state index in [1.165, 1.54) is 32.1 Å². The molecule has 1 aliphatic carbocycles. The van der Waals surface area contributed by atoms with Crippen LogP contribution < -0.4 is 0 Å². The molecular weight excluding hydrogens is 268 g/mol. The number of hydrogen-bond donors (Lipinski definition) is 0. The van der Waals surface area contributed by atoms with E-state index in [-0.39, 0.29) is 0 Å². The Labute approximate surface area is 128 Å². The number of carbonyl (C=O) groups is 2. The van der Waals surface area contributed by atoms with Gasteiger partial charge in [-0.05, 0) is 31.6 Å². The van der Waals surface area contributed by atoms with Crippen molar-refractivity contribution in [3.05, 3.63) is 0 Å². The summed E-state index contributed by atoms with van der Waals surface area (Å²) in [5, 5.41) is 0. The van der Waals surface area contributed by atoms with Gasteiger partial charge in [-0.1, -0.05) is 46.0 Å². The fraction of sp³-hybridized carbons (Fsp3) is 0.882. The fourth-order valence-corrected chi connectivity index (χ4v) is 2.82. The topological polar surface area (TPSA) is 52.6 Å². The minimum atomic E-state index is -0.731. The second-order valence-electron chi connectivity index (χ2n) is 5.97. The summed E-state index contributed by atoms with van der Waals surface area (Å²) in [6, 6.07) is 0. The van der Waals surface area contributed by atoms with Gasteiger partial charge in [-0.15, -0.1) is 0 Å². The van der Waals surface area contributed by atoms with Crippen molar-refractivity contribution in [2.24, 2.45) is 11.8 Å². The van der Waals surface area contributed by atoms with E-state index in [0.29, 0.717) is 25.6 Å². The second kappa shape index (κ2) is 10.6. The Morgan fingerprint density at radius 3 is 1.95 bits per heavy atom. The molecule has 21 heavy (non-hydrogen) atoms. The molecule has 1 fully saturated rings. The molecule has 0 amide bonds. The van der Waals surface area contributed by atoms with Crippen molar-refractivity contribution in [3.63, 3.8) is 0 Å². The third kappa shape index (κ3) is 6.96. The van der Waals surface area contributed by atoms with Gasteiger partial charge in [0, 0.05) is 0 Å². The van der Waals surface area contributed by atoms with E-state index >= 15 is 0 Å². The molecule has 0 aliphatic heterocycles. The molecule has 0 aromatic rings. The Bertz CT molecular complexity index is 288. The summed E-state index contributed by atoms with van der Waals surface area (Å²) in [5.74, 6) is -0.897. The number of rotatable bonds is 9. The third-order valence-electron chi connectivity index (χ3n) is 4.05. The van der Waals surface area contributed by atoms with Crippen LogP contribution >= 0.6 is 0 Å². The Morgan fingerprint density at radius 1 is 0.952 bits per heavy atom. The van der Waals surface area contributed by atoms with E-state index in [2.05, 4.69) is 0 Å². The summed E-state index contributed by atoms with van der Waals surface area (Å²) in [5.41, 5.74) is 0. The molecule has 4 nitrogen and oxygen atoms in total. The molecule has 0 saturated heterocycles. The van der Waals surface area contributed by atoms with Gasteiger partial charge in [0.15, 0.2) is 5.92 Å². The molecular formula is C17H30O4. The smallest absolute Gasteiger partial charge is 0.320 e. The minimum Gasteiger partial charge on any atom is -0.465 e. The van der Waals surface area contributed by atoms with Crippen molar-refractivity contribution < 1.29 is 19.1 Å². The van der Waals surface area contributed by atoms with Crippen molar-refractivity contribution in [1.29, 1.82) is 0 Å². The molecule has 1 saturated carbocycles. The lowest BCUT2D eigenvalue weighted by Gasteiger charge is -2.23. The zero-order valence-corrected chi connectivity index (χ0v) is 13.6. The first kappa shape index (κ1) is 18.0. The highest BCUT2D eigenvalue weighted by Crippen LogP contribution is 2.29. The van der Waals surface area contributed by atoms with Crippen molar-refractivity contribution in [2.45, 2.75) is 71.6 Å². The average Bonchev–Trinajstić information content (AvgIpc) is 2.52. The number of esters is 2. The van der Waals surface area contributed by atoms with E-state index in [4.69, 9.17) is 9.47 Å². The third-order valence-corrected chi connectivity index (χ3v) is 4.05. The lowest BCUT2D eigenvalue weighted by atomic mass is 9.84. The van der Waals surface area contributed by atoms with E-state index in [9.17, 15) is 9.59 Å². The van der Waals surface area contributed by atoms with E-state index < -0.39 is 17.9 Å². The zero-order chi connectivity index (χ0) is 15.5. The second-order valence-corrected chi connectivity index (χ2v) is 5.97. The fourth-order valence-electron chi connectivity index (χ4n) is 2.82. The Balaban J connectivity index is 2.48. The summed E-state index contributed by atoms with van der Waals surface area (Å²) in [6.45, 7) is 4.64. The maximum Gasteiger partial charge on any atom is 0.320 e. The monoisotopic (exact) mass is 298 g/mol. The summed E-state index contributed by atoms with van der Waals surface area (Å²) >= 11 is 0. The highest BCUT2D eigenvalue weighted by atomic mass is 16.6. The number of hydrogen-bond acceptors (Lipinski definition) is 4. The van der Waals surface area contributed by atoms with Gasteiger partial charge in [-0.2, -0.15) is 0 Å². The standard InChI is InChI=1S/C17H30O4/c1-3-12-20-16(18)15(17(19)21-13-4-2)11-10-14-8-6-5-7-9-14/h14-15H,3-13H2,1-2H3. The molecule has 0 aromatic heterocycles. The van der Waals surface area contributed by atoms with Crippen LogP contribution in [0.1, 0.15) is 71.6 Å². The first-order valence-electron chi connectivity index (χ1n) is 8.52. The SMILES string of the molecule is CCCOC(=O)C(CCC1CCCCC1)C(=O)OCCC. The van der Waals surface area contributed by atoms with Crippen molar-refractivity contribution in [3.8, 4) is 0 Å². The van der Waals surface area contributed by atoms with Crippen molar-refractivity contribution in [1.82, 2.24) is 0 Å². The maximum atomic E-state index is 12.1. The van der Waals surface area contributed by atoms with Crippen LogP contribution in [-0.4, -0.2) is 25.2 Å². The number of carbonyl (C=O) groups excluding carboxylic acids is 2. The molecule has 0 N–H and O–H groups in total. The van der Waals surface area contributed by atoms with Crippen LogP contribution in [0.3, 0.4) is 0 Å². The van der Waals surface area contributed by atoms with E-state index in [1.807, 2.05) is 13.8 Å². The Hall–Kier alpha value is -1.06. The first-order chi connectivity index (χ1) is 10.2. The van der Waals surface area contributed by atoms with Gasteiger partial charge in [0.25, 0.3) is 0 Å². The number of ether oxygens (including phenoxy) is 2. The van der Waals surface area contributed by atoms with Gasteiger partial charge in [0.1, 0.15) is 0 Å². The lowest BCUT2D eigenvalue weighted by molar-refractivity contribution is -0.162. The minimum absolute atomic E-state index is 0.375. The molecule has 0 aromatic carbocycles. The van der Waals surface area contributed by atoms with E-state index in [1.54, 1.807) is 0 Å². The molecule has 122 valence electrons. The average molecular weight is 298 g/mol. The van der Waals surface area contributed by atoms with Crippen LogP contribution in [0, 0.1) is 11.8 Å². The molecule has 0 atom stereocenters. The van der Waals surface area contributed by atoms with Gasteiger partial charge in [-0.3, -0.25) is 9.59 Å². The van der Waals surface area contributed by atoms with Crippen LogP contribution in [-0.2, 0) is 19.1 Å². The summed E-state index contributed by atoms with van der Waals surface area (Å²) in [6.07, 6.45) is 9.34. The predicted octanol–water partition coefficient (Wildman–Crippen LogP) is 3.87. The van der Waals surface area contributed by atoms with Crippen LogP contribution in [0.4, 0.5) is 0 Å². The largest absolute Gasteiger partial charge is 0.465 e. The highest BCUT2D eigenvalue weighted by Gasteiger charge is 2.30. The van der Waals surface area contributed by atoms with Gasteiger partial charge in [0.05, 0.1) is 13.2 Å². The van der Waals surface area contributed by atoms with Gasteiger partial charge < -0.3 is 9.47 Å². The lowest BCUT2D eigenvalue weighted by Crippen LogP contribution is -2.29. The molecule has 0 spiro atoms. The van der Waals surface area contributed by atoms with Crippen LogP contribution in [0.25, 0.3) is 0 Å². The highest BCUT2D eigenvalue weighted by molar-refractivity contribution is 5.94. The zero-order valence-electron chi connectivity index (χ0n) is 13.6. The summed E-state index contributed by atoms with van der Waals surface area (Å²) in [4.78, 5) is 24.1. The van der Waals surface area contributed by atoms with Gasteiger partial charge >= 0.3 is 11.9 Å². The molecule has 1 aliphatic rings. The Morgan fingerprint density at radius 2 is 1.48 bits per heavy atom. The van der Waals surface area contributed by atoms with E-state index in [0.717, 1.165) is 19.3 Å². The molecule has 0 radical (unpaired) electrons. The predicted molar refractivity (Wildman–Crippen MR) is 81.8 cm³/mol. The molecule has 1 rings (SSSR count).